The maximum atomic E-state index is 6.02. The second kappa shape index (κ2) is 4.75. The summed E-state index contributed by atoms with van der Waals surface area (Å²) in [6.45, 7) is 4.38. The molecular formula is C14H26N2S. The molecule has 2 unspecified atom stereocenters. The van der Waals surface area contributed by atoms with Gasteiger partial charge in [0, 0.05) is 23.1 Å². The molecule has 98 valence electrons. The molecule has 0 spiro atoms. The summed E-state index contributed by atoms with van der Waals surface area (Å²) in [5.41, 5.74) is 6.28. The molecule has 1 aliphatic heterocycles. The van der Waals surface area contributed by atoms with Gasteiger partial charge in [-0.1, -0.05) is 6.92 Å². The van der Waals surface area contributed by atoms with Crippen molar-refractivity contribution < 1.29 is 0 Å². The van der Waals surface area contributed by atoms with Crippen molar-refractivity contribution in [1.82, 2.24) is 5.32 Å². The predicted octanol–water partition coefficient (Wildman–Crippen LogP) is 2.24. The zero-order valence-corrected chi connectivity index (χ0v) is 11.8. The number of hydrogen-bond acceptors (Lipinski definition) is 3. The van der Waals surface area contributed by atoms with Gasteiger partial charge in [0.05, 0.1) is 0 Å². The summed E-state index contributed by atoms with van der Waals surface area (Å²) in [5.74, 6) is 4.29. The van der Waals surface area contributed by atoms with E-state index in [2.05, 4.69) is 24.0 Å². The Bertz CT molecular complexity index is 263. The minimum Gasteiger partial charge on any atom is -0.329 e. The Labute approximate surface area is 109 Å². The number of rotatable bonds is 6. The fourth-order valence-electron chi connectivity index (χ4n) is 3.41. The van der Waals surface area contributed by atoms with Gasteiger partial charge < -0.3 is 11.1 Å². The van der Waals surface area contributed by atoms with Crippen molar-refractivity contribution >= 4 is 11.8 Å². The molecule has 17 heavy (non-hydrogen) atoms. The number of hydrogen-bond donors (Lipinski definition) is 2. The van der Waals surface area contributed by atoms with Crippen molar-refractivity contribution in [2.24, 2.45) is 23.5 Å². The van der Waals surface area contributed by atoms with Gasteiger partial charge in [-0.15, -0.1) is 0 Å². The molecule has 0 aromatic carbocycles. The monoisotopic (exact) mass is 254 g/mol. The Morgan fingerprint density at radius 2 is 1.94 bits per heavy atom. The molecule has 0 aromatic heterocycles. The number of nitrogens with one attached hydrogen (secondary N) is 1. The third-order valence-corrected chi connectivity index (χ3v) is 6.34. The fourth-order valence-corrected chi connectivity index (χ4v) is 4.79. The fraction of sp³-hybridized carbons (Fsp3) is 1.00. The van der Waals surface area contributed by atoms with Gasteiger partial charge in [0.25, 0.3) is 0 Å². The van der Waals surface area contributed by atoms with Crippen LogP contribution in [0.3, 0.4) is 0 Å². The number of thioether (sulfide) groups is 1. The second-order valence-corrected chi connectivity index (χ2v) is 7.96. The van der Waals surface area contributed by atoms with Crippen LogP contribution in [0, 0.1) is 17.8 Å². The molecule has 3 N–H and O–H groups in total. The molecule has 3 heteroatoms. The molecule has 2 nitrogen and oxygen atoms in total. The zero-order valence-electron chi connectivity index (χ0n) is 11.0. The quantitative estimate of drug-likeness (QED) is 0.763. The smallest absolute Gasteiger partial charge is 0.0405 e. The van der Waals surface area contributed by atoms with Crippen LogP contribution in [-0.4, -0.2) is 29.6 Å². The van der Waals surface area contributed by atoms with E-state index < -0.39 is 0 Å². The first-order valence-corrected chi connectivity index (χ1v) is 8.34. The highest BCUT2D eigenvalue weighted by atomic mass is 32.2. The molecule has 2 aliphatic carbocycles. The van der Waals surface area contributed by atoms with Gasteiger partial charge in [-0.2, -0.15) is 11.8 Å². The highest BCUT2D eigenvalue weighted by Gasteiger charge is 2.43. The van der Waals surface area contributed by atoms with Crippen LogP contribution in [0.4, 0.5) is 0 Å². The first kappa shape index (κ1) is 12.3. The lowest BCUT2D eigenvalue weighted by Crippen LogP contribution is -2.53. The Morgan fingerprint density at radius 3 is 2.35 bits per heavy atom. The van der Waals surface area contributed by atoms with Crippen LogP contribution >= 0.6 is 11.8 Å². The van der Waals surface area contributed by atoms with Gasteiger partial charge in [-0.05, 0) is 56.4 Å². The van der Waals surface area contributed by atoms with Crippen LogP contribution in [0.1, 0.15) is 39.0 Å². The van der Waals surface area contributed by atoms with Crippen LogP contribution in [0.2, 0.25) is 0 Å². The van der Waals surface area contributed by atoms with E-state index in [0.29, 0.717) is 0 Å². The van der Waals surface area contributed by atoms with E-state index >= 15 is 0 Å². The molecule has 2 atom stereocenters. The van der Waals surface area contributed by atoms with Gasteiger partial charge in [0.1, 0.15) is 0 Å². The Balaban J connectivity index is 1.54. The van der Waals surface area contributed by atoms with E-state index in [1.165, 1.54) is 44.4 Å². The maximum Gasteiger partial charge on any atom is 0.0405 e. The summed E-state index contributed by atoms with van der Waals surface area (Å²) in [6, 6.07) is 0. The minimum absolute atomic E-state index is 0.256. The highest BCUT2D eigenvalue weighted by molar-refractivity contribution is 8.00. The lowest BCUT2D eigenvalue weighted by atomic mass is 9.92. The SMILES string of the molecule is CC1CC(CN)(NCC(C2CC2)C2CC2)CS1. The maximum absolute atomic E-state index is 6.02. The van der Waals surface area contributed by atoms with Crippen molar-refractivity contribution in [3.8, 4) is 0 Å². The summed E-state index contributed by atoms with van der Waals surface area (Å²) in [4.78, 5) is 0. The summed E-state index contributed by atoms with van der Waals surface area (Å²) in [7, 11) is 0. The first-order chi connectivity index (χ1) is 8.22. The van der Waals surface area contributed by atoms with Crippen molar-refractivity contribution in [3.05, 3.63) is 0 Å². The molecule has 1 heterocycles. The Kier molecular flexibility index (Phi) is 3.44. The van der Waals surface area contributed by atoms with Gasteiger partial charge in [-0.25, -0.2) is 0 Å². The highest BCUT2D eigenvalue weighted by Crippen LogP contribution is 2.49. The Hall–Kier alpha value is 0.270. The summed E-state index contributed by atoms with van der Waals surface area (Å²) >= 11 is 2.09. The van der Waals surface area contributed by atoms with Gasteiger partial charge in [0.15, 0.2) is 0 Å². The molecule has 2 saturated carbocycles. The van der Waals surface area contributed by atoms with Gasteiger partial charge >= 0.3 is 0 Å². The number of nitrogens with two attached hydrogens (primary N) is 1. The van der Waals surface area contributed by atoms with E-state index in [0.717, 1.165) is 29.5 Å². The van der Waals surface area contributed by atoms with Crippen molar-refractivity contribution in [3.63, 3.8) is 0 Å². The standard InChI is InChI=1S/C14H26N2S/c1-10-6-14(8-15,9-17-10)16-7-13(11-2-3-11)12-4-5-12/h10-13,16H,2-9,15H2,1H3. The van der Waals surface area contributed by atoms with Crippen LogP contribution in [0.15, 0.2) is 0 Å². The minimum atomic E-state index is 0.256. The van der Waals surface area contributed by atoms with Crippen LogP contribution in [0.25, 0.3) is 0 Å². The van der Waals surface area contributed by atoms with Crippen molar-refractivity contribution in [2.45, 2.75) is 49.8 Å². The van der Waals surface area contributed by atoms with Crippen LogP contribution in [0.5, 0.6) is 0 Å². The average Bonchev–Trinajstić information content (AvgIpc) is 3.20. The van der Waals surface area contributed by atoms with Crippen LogP contribution in [-0.2, 0) is 0 Å². The summed E-state index contributed by atoms with van der Waals surface area (Å²) < 4.78 is 0. The normalized spacial score (nSPS) is 37.9. The van der Waals surface area contributed by atoms with Crippen LogP contribution < -0.4 is 11.1 Å². The van der Waals surface area contributed by atoms with E-state index in [1.807, 2.05) is 0 Å². The third-order valence-electron chi connectivity index (χ3n) is 4.88. The molecular weight excluding hydrogens is 228 g/mol. The predicted molar refractivity (Wildman–Crippen MR) is 75.3 cm³/mol. The van der Waals surface area contributed by atoms with Crippen molar-refractivity contribution in [1.29, 1.82) is 0 Å². The molecule has 1 saturated heterocycles. The molecule has 3 fully saturated rings. The lowest BCUT2D eigenvalue weighted by Gasteiger charge is -2.31. The molecule has 0 amide bonds. The van der Waals surface area contributed by atoms with E-state index in [1.54, 1.807) is 0 Å². The molecule has 0 bridgehead atoms. The molecule has 3 rings (SSSR count). The lowest BCUT2D eigenvalue weighted by molar-refractivity contribution is 0.295. The molecule has 0 radical (unpaired) electrons. The van der Waals surface area contributed by atoms with Gasteiger partial charge in [0.2, 0.25) is 0 Å². The Morgan fingerprint density at radius 1 is 1.29 bits per heavy atom. The molecule has 0 aromatic rings. The van der Waals surface area contributed by atoms with E-state index in [9.17, 15) is 0 Å². The largest absolute Gasteiger partial charge is 0.329 e. The summed E-state index contributed by atoms with van der Waals surface area (Å²) in [6.07, 6.45) is 7.22. The summed E-state index contributed by atoms with van der Waals surface area (Å²) in [5, 5.41) is 4.66. The third kappa shape index (κ3) is 2.82. The van der Waals surface area contributed by atoms with Crippen molar-refractivity contribution in [2.75, 3.05) is 18.8 Å². The second-order valence-electron chi connectivity index (χ2n) is 6.53. The van der Waals surface area contributed by atoms with E-state index in [4.69, 9.17) is 5.73 Å². The topological polar surface area (TPSA) is 38.0 Å². The zero-order chi connectivity index (χ0) is 11.9. The average molecular weight is 254 g/mol. The van der Waals surface area contributed by atoms with Gasteiger partial charge in [-0.3, -0.25) is 0 Å². The van der Waals surface area contributed by atoms with E-state index in [-0.39, 0.29) is 5.54 Å². The molecule has 3 aliphatic rings. The first-order valence-electron chi connectivity index (χ1n) is 7.29.